The average Bonchev–Trinajstić information content (AvgIpc) is 3.39. The van der Waals surface area contributed by atoms with E-state index < -0.39 is 5.41 Å². The standard InChI is InChI=1S/C23H22N4OS/c1-2-21(28)27-19-13-23(20-14-29-15-24-20,16-7-4-3-5-8-16)12-11-18(19)22(26-27)25-17-9-6-10-17/h2-5,7-8,11-12,14-15,17H,1,6,9-10,13H2,(H,25,26). The second-order valence-corrected chi connectivity index (χ2v) is 8.38. The first kappa shape index (κ1) is 18.1. The predicted molar refractivity (Wildman–Crippen MR) is 116 cm³/mol. The van der Waals surface area contributed by atoms with Gasteiger partial charge in [0.2, 0.25) is 0 Å². The number of rotatable bonds is 5. The monoisotopic (exact) mass is 402 g/mol. The summed E-state index contributed by atoms with van der Waals surface area (Å²) in [5.41, 5.74) is 5.47. The van der Waals surface area contributed by atoms with Crippen molar-refractivity contribution >= 4 is 29.1 Å². The van der Waals surface area contributed by atoms with Gasteiger partial charge in [-0.3, -0.25) is 4.79 Å². The molecule has 146 valence electrons. The van der Waals surface area contributed by atoms with Gasteiger partial charge >= 0.3 is 0 Å². The Morgan fingerprint density at radius 1 is 1.31 bits per heavy atom. The van der Waals surface area contributed by atoms with Crippen molar-refractivity contribution in [2.75, 3.05) is 5.32 Å². The minimum atomic E-state index is -0.429. The zero-order chi connectivity index (χ0) is 19.8. The number of nitrogens with zero attached hydrogens (tertiary/aromatic N) is 3. The van der Waals surface area contributed by atoms with Crippen LogP contribution in [-0.4, -0.2) is 26.7 Å². The molecule has 2 aliphatic carbocycles. The molecule has 5 nitrogen and oxygen atoms in total. The second-order valence-electron chi connectivity index (χ2n) is 7.66. The van der Waals surface area contributed by atoms with Crippen LogP contribution in [0, 0.1) is 0 Å². The van der Waals surface area contributed by atoms with Gasteiger partial charge in [0.1, 0.15) is 0 Å². The van der Waals surface area contributed by atoms with Crippen molar-refractivity contribution in [1.82, 2.24) is 14.8 Å². The highest BCUT2D eigenvalue weighted by molar-refractivity contribution is 7.07. The summed E-state index contributed by atoms with van der Waals surface area (Å²) in [5.74, 6) is 0.578. The van der Waals surface area contributed by atoms with Crippen LogP contribution >= 0.6 is 11.3 Å². The van der Waals surface area contributed by atoms with E-state index in [0.29, 0.717) is 12.5 Å². The van der Waals surface area contributed by atoms with Gasteiger partial charge in [-0.05, 0) is 30.9 Å². The van der Waals surface area contributed by atoms with Gasteiger partial charge in [0.15, 0.2) is 5.82 Å². The molecule has 5 rings (SSSR count). The van der Waals surface area contributed by atoms with E-state index in [4.69, 9.17) is 0 Å². The van der Waals surface area contributed by atoms with E-state index in [-0.39, 0.29) is 5.91 Å². The first-order valence-corrected chi connectivity index (χ1v) is 10.8. The Kier molecular flexibility index (Phi) is 4.43. The third-order valence-corrected chi connectivity index (χ3v) is 6.60. The third-order valence-electron chi connectivity index (χ3n) is 6.01. The Labute approximate surface area is 173 Å². The fourth-order valence-corrected chi connectivity index (χ4v) is 4.81. The molecule has 0 amide bonds. The molecule has 0 spiro atoms. The zero-order valence-electron chi connectivity index (χ0n) is 16.0. The molecule has 2 aliphatic rings. The second kappa shape index (κ2) is 7.12. The van der Waals surface area contributed by atoms with Gasteiger partial charge in [-0.25, -0.2) is 4.98 Å². The van der Waals surface area contributed by atoms with Gasteiger partial charge < -0.3 is 5.32 Å². The van der Waals surface area contributed by atoms with Gasteiger partial charge in [0.25, 0.3) is 5.91 Å². The molecule has 29 heavy (non-hydrogen) atoms. The van der Waals surface area contributed by atoms with Crippen molar-refractivity contribution in [3.63, 3.8) is 0 Å². The lowest BCUT2D eigenvalue weighted by atomic mass is 9.71. The van der Waals surface area contributed by atoms with Crippen molar-refractivity contribution in [3.05, 3.63) is 82.5 Å². The normalized spacial score (nSPS) is 20.7. The van der Waals surface area contributed by atoms with E-state index in [2.05, 4.69) is 51.6 Å². The highest BCUT2D eigenvalue weighted by Crippen LogP contribution is 2.43. The van der Waals surface area contributed by atoms with E-state index in [9.17, 15) is 4.79 Å². The highest BCUT2D eigenvalue weighted by atomic mass is 32.1. The zero-order valence-corrected chi connectivity index (χ0v) is 16.9. The van der Waals surface area contributed by atoms with Gasteiger partial charge in [-0.1, -0.05) is 49.1 Å². The van der Waals surface area contributed by atoms with Crippen molar-refractivity contribution in [1.29, 1.82) is 0 Å². The number of nitrogens with one attached hydrogen (secondary N) is 1. The molecule has 1 aromatic carbocycles. The lowest BCUT2D eigenvalue weighted by Crippen LogP contribution is -2.32. The number of hydrogen-bond donors (Lipinski definition) is 1. The number of hydrogen-bond acceptors (Lipinski definition) is 5. The number of carbonyl (C=O) groups excluding carboxylic acids is 1. The summed E-state index contributed by atoms with van der Waals surface area (Å²) < 4.78 is 1.51. The molecule has 1 atom stereocenters. The van der Waals surface area contributed by atoms with Crippen molar-refractivity contribution < 1.29 is 4.79 Å². The number of benzene rings is 1. The molecular weight excluding hydrogens is 380 g/mol. The van der Waals surface area contributed by atoms with Crippen LogP contribution in [0.4, 0.5) is 5.82 Å². The number of allylic oxidation sites excluding steroid dienone is 2. The number of fused-ring (bicyclic) bond motifs is 1. The number of anilines is 1. The summed E-state index contributed by atoms with van der Waals surface area (Å²) >= 11 is 1.58. The molecule has 2 aromatic heterocycles. The Morgan fingerprint density at radius 2 is 2.14 bits per heavy atom. The Bertz CT molecular complexity index is 1080. The van der Waals surface area contributed by atoms with Gasteiger partial charge in [0.05, 0.1) is 22.3 Å². The molecule has 0 saturated heterocycles. The van der Waals surface area contributed by atoms with E-state index in [1.807, 2.05) is 23.7 Å². The Hall–Kier alpha value is -2.99. The van der Waals surface area contributed by atoms with Crippen molar-refractivity contribution in [2.45, 2.75) is 37.1 Å². The average molecular weight is 403 g/mol. The molecule has 0 radical (unpaired) electrons. The summed E-state index contributed by atoms with van der Waals surface area (Å²) in [5, 5.41) is 10.3. The molecule has 6 heteroatoms. The molecule has 0 aliphatic heterocycles. The molecule has 3 aromatic rings. The Balaban J connectivity index is 1.65. The predicted octanol–water partition coefficient (Wildman–Crippen LogP) is 4.69. The van der Waals surface area contributed by atoms with Crippen LogP contribution in [0.15, 0.2) is 60.0 Å². The molecule has 1 N–H and O–H groups in total. The van der Waals surface area contributed by atoms with Crippen LogP contribution in [0.5, 0.6) is 0 Å². The fourth-order valence-electron chi connectivity index (χ4n) is 4.17. The van der Waals surface area contributed by atoms with E-state index in [0.717, 1.165) is 41.2 Å². The largest absolute Gasteiger partial charge is 0.365 e. The van der Waals surface area contributed by atoms with Crippen LogP contribution in [0.1, 0.15) is 46.6 Å². The van der Waals surface area contributed by atoms with Crippen LogP contribution in [0.2, 0.25) is 0 Å². The quantitative estimate of drug-likeness (QED) is 0.629. The van der Waals surface area contributed by atoms with E-state index in [1.165, 1.54) is 17.2 Å². The smallest absolute Gasteiger partial charge is 0.270 e. The first-order chi connectivity index (χ1) is 14.2. The van der Waals surface area contributed by atoms with Crippen LogP contribution < -0.4 is 5.32 Å². The molecule has 1 fully saturated rings. The third kappa shape index (κ3) is 2.95. The summed E-state index contributed by atoms with van der Waals surface area (Å²) in [7, 11) is 0. The molecule has 0 bridgehead atoms. The van der Waals surface area contributed by atoms with Gasteiger partial charge in [-0.15, -0.1) is 16.4 Å². The van der Waals surface area contributed by atoms with Crippen molar-refractivity contribution in [3.8, 4) is 0 Å². The number of aromatic nitrogens is 3. The van der Waals surface area contributed by atoms with Crippen molar-refractivity contribution in [2.24, 2.45) is 0 Å². The summed E-state index contributed by atoms with van der Waals surface area (Å²) in [6.07, 6.45) is 9.80. The Morgan fingerprint density at radius 3 is 2.79 bits per heavy atom. The van der Waals surface area contributed by atoms with E-state index in [1.54, 1.807) is 11.3 Å². The maximum absolute atomic E-state index is 12.6. The summed E-state index contributed by atoms with van der Waals surface area (Å²) in [4.78, 5) is 17.3. The minimum Gasteiger partial charge on any atom is -0.365 e. The maximum Gasteiger partial charge on any atom is 0.270 e. The summed E-state index contributed by atoms with van der Waals surface area (Å²) in [6.45, 7) is 3.67. The topological polar surface area (TPSA) is 59.8 Å². The van der Waals surface area contributed by atoms with Crippen LogP contribution in [0.25, 0.3) is 6.08 Å². The molecule has 1 saturated carbocycles. The SMILES string of the molecule is C=CC(=O)n1nc(NC2CCC2)c2c1CC(c1ccccc1)(c1cscn1)C=C2. The highest BCUT2D eigenvalue weighted by Gasteiger charge is 2.40. The van der Waals surface area contributed by atoms with Crippen LogP contribution in [-0.2, 0) is 11.8 Å². The van der Waals surface area contributed by atoms with Gasteiger partial charge in [0, 0.05) is 23.4 Å². The van der Waals surface area contributed by atoms with Crippen LogP contribution in [0.3, 0.4) is 0 Å². The minimum absolute atomic E-state index is 0.210. The summed E-state index contributed by atoms with van der Waals surface area (Å²) in [6, 6.07) is 10.8. The van der Waals surface area contributed by atoms with E-state index >= 15 is 0 Å². The number of thiazole rings is 1. The lowest BCUT2D eigenvalue weighted by molar-refractivity contribution is 0.0950. The first-order valence-electron chi connectivity index (χ1n) is 9.90. The number of carbonyl (C=O) groups is 1. The molecular formula is C23H22N4OS. The fraction of sp³-hybridized carbons (Fsp3) is 0.261. The lowest BCUT2D eigenvalue weighted by Gasteiger charge is -2.33. The molecule has 2 heterocycles. The van der Waals surface area contributed by atoms with Gasteiger partial charge in [-0.2, -0.15) is 4.68 Å². The maximum atomic E-state index is 12.6. The molecule has 1 unspecified atom stereocenters.